The minimum Gasteiger partial charge on any atom is -0.351 e. The third-order valence-corrected chi connectivity index (χ3v) is 7.07. The third kappa shape index (κ3) is 8.70. The number of nitrogens with one attached hydrogen (secondary N) is 1. The Hall–Kier alpha value is -3.75. The molecule has 0 aliphatic carbocycles. The van der Waals surface area contributed by atoms with Gasteiger partial charge < -0.3 is 10.2 Å². The minimum absolute atomic E-state index is 0.0522. The molecule has 0 spiro atoms. The molecule has 3 rings (SSSR count). The quantitative estimate of drug-likeness (QED) is 0.351. The highest BCUT2D eigenvalue weighted by Gasteiger charge is 2.32. The molecule has 0 aliphatic rings. The first kappa shape index (κ1) is 27.8. The molecule has 0 heterocycles. The van der Waals surface area contributed by atoms with Gasteiger partial charge in [0, 0.05) is 26.1 Å². The van der Waals surface area contributed by atoms with E-state index in [0.29, 0.717) is 0 Å². The predicted octanol–water partition coefficient (Wildman–Crippen LogP) is 3.39. The summed E-state index contributed by atoms with van der Waals surface area (Å²) in [4.78, 5) is 28.6. The lowest BCUT2D eigenvalue weighted by atomic mass is 10.0. The van der Waals surface area contributed by atoms with E-state index in [4.69, 9.17) is 0 Å². The fraction of sp³-hybridized carbons (Fsp3) is 0.241. The Balaban J connectivity index is 1.96. The molecule has 8 heteroatoms. The maximum Gasteiger partial charge on any atom is 0.243 e. The van der Waals surface area contributed by atoms with Crippen LogP contribution in [0.5, 0.6) is 0 Å². The van der Waals surface area contributed by atoms with Crippen molar-refractivity contribution >= 4 is 21.8 Å². The van der Waals surface area contributed by atoms with Crippen molar-refractivity contribution in [3.63, 3.8) is 0 Å². The van der Waals surface area contributed by atoms with Crippen LogP contribution in [0.2, 0.25) is 0 Å². The Morgan fingerprint density at radius 1 is 0.838 bits per heavy atom. The lowest BCUT2D eigenvalue weighted by molar-refractivity contribution is -0.141. The number of hydrogen-bond acceptors (Lipinski definition) is 4. The van der Waals surface area contributed by atoms with Crippen LogP contribution < -0.4 is 5.32 Å². The largest absolute Gasteiger partial charge is 0.351 e. The van der Waals surface area contributed by atoms with Gasteiger partial charge in [-0.25, -0.2) is 8.42 Å². The van der Waals surface area contributed by atoms with Crippen molar-refractivity contribution < 1.29 is 18.0 Å². The Kier molecular flexibility index (Phi) is 10.2. The number of benzene rings is 3. The monoisotopic (exact) mass is 519 g/mol. The second kappa shape index (κ2) is 13.5. The summed E-state index contributed by atoms with van der Waals surface area (Å²) in [6, 6.07) is 27.0. The number of hydrogen-bond donors (Lipinski definition) is 1. The van der Waals surface area contributed by atoms with Gasteiger partial charge in [0.15, 0.2) is 0 Å². The molecule has 3 aromatic carbocycles. The summed E-state index contributed by atoms with van der Waals surface area (Å²) >= 11 is 0. The van der Waals surface area contributed by atoms with Gasteiger partial charge in [0.25, 0.3) is 0 Å². The van der Waals surface area contributed by atoms with Gasteiger partial charge in [-0.2, -0.15) is 4.31 Å². The van der Waals surface area contributed by atoms with Crippen LogP contribution in [0.4, 0.5) is 0 Å². The third-order valence-electron chi connectivity index (χ3n) is 5.87. The van der Waals surface area contributed by atoms with Gasteiger partial charge in [-0.3, -0.25) is 9.59 Å². The zero-order chi connectivity index (χ0) is 26.7. The maximum atomic E-state index is 13.8. The van der Waals surface area contributed by atoms with Crippen LogP contribution in [-0.4, -0.2) is 54.8 Å². The number of carbonyl (C=O) groups is 2. The molecular formula is C29H33N3O4S. The Morgan fingerprint density at radius 3 is 1.81 bits per heavy atom. The van der Waals surface area contributed by atoms with Crippen LogP contribution >= 0.6 is 0 Å². The summed E-state index contributed by atoms with van der Waals surface area (Å²) in [5.41, 5.74) is 2.48. The van der Waals surface area contributed by atoms with E-state index in [0.717, 1.165) is 27.3 Å². The average molecular weight is 520 g/mol. The first-order chi connectivity index (χ1) is 17.8. The lowest BCUT2D eigenvalue weighted by Crippen LogP contribution is -2.53. The molecule has 0 saturated heterocycles. The Bertz CT molecular complexity index is 1270. The zero-order valence-corrected chi connectivity index (χ0v) is 21.8. The summed E-state index contributed by atoms with van der Waals surface area (Å²) in [7, 11) is -3.71. The molecule has 2 amide bonds. The van der Waals surface area contributed by atoms with Crippen molar-refractivity contribution in [1.82, 2.24) is 14.5 Å². The van der Waals surface area contributed by atoms with Crippen LogP contribution in [-0.2, 0) is 39.1 Å². The highest BCUT2D eigenvalue weighted by Crippen LogP contribution is 2.17. The molecule has 37 heavy (non-hydrogen) atoms. The molecule has 1 N–H and O–H groups in total. The van der Waals surface area contributed by atoms with Crippen molar-refractivity contribution in [3.8, 4) is 0 Å². The van der Waals surface area contributed by atoms with Gasteiger partial charge in [-0.15, -0.1) is 6.58 Å². The van der Waals surface area contributed by atoms with Gasteiger partial charge in [0.1, 0.15) is 6.04 Å². The van der Waals surface area contributed by atoms with Crippen LogP contribution in [0.15, 0.2) is 104 Å². The first-order valence-electron chi connectivity index (χ1n) is 12.0. The van der Waals surface area contributed by atoms with Crippen molar-refractivity contribution in [2.24, 2.45) is 0 Å². The zero-order valence-electron chi connectivity index (χ0n) is 21.0. The molecule has 0 bridgehead atoms. The van der Waals surface area contributed by atoms with Gasteiger partial charge in [-0.05, 0) is 16.7 Å². The number of carbonyl (C=O) groups excluding carboxylic acids is 2. The summed E-state index contributed by atoms with van der Waals surface area (Å²) in [6.45, 7) is 3.73. The van der Waals surface area contributed by atoms with Gasteiger partial charge in [-0.1, -0.05) is 97.1 Å². The van der Waals surface area contributed by atoms with Crippen LogP contribution in [0.1, 0.15) is 16.7 Å². The predicted molar refractivity (Wildman–Crippen MR) is 146 cm³/mol. The number of rotatable bonds is 13. The van der Waals surface area contributed by atoms with Gasteiger partial charge >= 0.3 is 0 Å². The minimum atomic E-state index is -3.71. The molecule has 7 nitrogen and oxygen atoms in total. The highest BCUT2D eigenvalue weighted by atomic mass is 32.2. The molecule has 0 radical (unpaired) electrons. The molecule has 0 saturated carbocycles. The van der Waals surface area contributed by atoms with Gasteiger partial charge in [0.2, 0.25) is 21.8 Å². The normalized spacial score (nSPS) is 12.1. The van der Waals surface area contributed by atoms with Gasteiger partial charge in [0.05, 0.1) is 12.8 Å². The van der Waals surface area contributed by atoms with Crippen molar-refractivity contribution in [3.05, 3.63) is 120 Å². The molecule has 194 valence electrons. The summed E-state index contributed by atoms with van der Waals surface area (Å²) < 4.78 is 26.4. The molecule has 1 unspecified atom stereocenters. The van der Waals surface area contributed by atoms with Crippen molar-refractivity contribution in [1.29, 1.82) is 0 Å². The fourth-order valence-electron chi connectivity index (χ4n) is 3.94. The van der Waals surface area contributed by atoms with Crippen LogP contribution in [0.25, 0.3) is 0 Å². The fourth-order valence-corrected chi connectivity index (χ4v) is 4.67. The second-order valence-corrected chi connectivity index (χ2v) is 10.7. The van der Waals surface area contributed by atoms with E-state index >= 15 is 0 Å². The van der Waals surface area contributed by atoms with E-state index in [1.165, 1.54) is 4.90 Å². The van der Waals surface area contributed by atoms with E-state index in [2.05, 4.69) is 11.9 Å². The second-order valence-electron chi connectivity index (χ2n) is 8.76. The number of nitrogens with zero attached hydrogens (tertiary/aromatic N) is 2. The maximum absolute atomic E-state index is 13.8. The van der Waals surface area contributed by atoms with E-state index < -0.39 is 22.0 Å². The summed E-state index contributed by atoms with van der Waals surface area (Å²) in [6.07, 6.45) is 2.94. The molecule has 0 aliphatic heterocycles. The SMILES string of the molecule is C=CCNC(=O)C(Cc1ccccc1)N(Cc1ccccc1)C(=O)CN(Cc1ccccc1)S(C)(=O)=O. The van der Waals surface area contributed by atoms with Crippen LogP contribution in [0, 0.1) is 0 Å². The molecule has 0 aromatic heterocycles. The van der Waals surface area contributed by atoms with Crippen molar-refractivity contribution in [2.45, 2.75) is 25.6 Å². The Labute approximate surface area is 219 Å². The molecular weight excluding hydrogens is 486 g/mol. The van der Waals surface area contributed by atoms with E-state index in [9.17, 15) is 18.0 Å². The standard InChI is InChI=1S/C29H33N3O4S/c1-3-19-30-29(34)27(20-24-13-7-4-8-14-24)32(22-26-17-11-6-12-18-26)28(33)23-31(37(2,35)36)21-25-15-9-5-10-16-25/h3-18,27H,1,19-23H2,2H3,(H,30,34). The first-order valence-corrected chi connectivity index (χ1v) is 13.9. The van der Waals surface area contributed by atoms with E-state index in [1.807, 2.05) is 91.0 Å². The highest BCUT2D eigenvalue weighted by molar-refractivity contribution is 7.88. The number of amides is 2. The smallest absolute Gasteiger partial charge is 0.243 e. The number of sulfonamides is 1. The summed E-state index contributed by atoms with van der Waals surface area (Å²) in [5, 5.41) is 2.81. The Morgan fingerprint density at radius 2 is 1.32 bits per heavy atom. The van der Waals surface area contributed by atoms with E-state index in [1.54, 1.807) is 6.08 Å². The molecule has 1 atom stereocenters. The average Bonchev–Trinajstić information content (AvgIpc) is 2.90. The topological polar surface area (TPSA) is 86.8 Å². The van der Waals surface area contributed by atoms with Crippen LogP contribution in [0.3, 0.4) is 0 Å². The van der Waals surface area contributed by atoms with Crippen molar-refractivity contribution in [2.75, 3.05) is 19.3 Å². The molecule has 0 fully saturated rings. The lowest BCUT2D eigenvalue weighted by Gasteiger charge is -2.33. The molecule has 3 aromatic rings. The van der Waals surface area contributed by atoms with E-state index in [-0.39, 0.29) is 38.5 Å². The summed E-state index contributed by atoms with van der Waals surface area (Å²) in [5.74, 6) is -0.790.